The Morgan fingerprint density at radius 2 is 2.14 bits per heavy atom. The summed E-state index contributed by atoms with van der Waals surface area (Å²) in [4.78, 5) is 4.52. The van der Waals surface area contributed by atoms with Crippen LogP contribution in [0.5, 0.6) is 0 Å². The first kappa shape index (κ1) is 11.3. The lowest BCUT2D eigenvalue weighted by atomic mass is 10.0. The highest BCUT2D eigenvalue weighted by Gasteiger charge is 2.14. The monoisotopic (exact) mass is 194 g/mol. The number of fused-ring (bicyclic) bond motifs is 1. The average molecular weight is 194 g/mol. The molecule has 0 saturated carbocycles. The molecular formula is C12H22N2. The first-order chi connectivity index (χ1) is 6.75. The van der Waals surface area contributed by atoms with Gasteiger partial charge in [0, 0.05) is 19.2 Å². The molecule has 2 nitrogen and oxygen atoms in total. The van der Waals surface area contributed by atoms with E-state index in [2.05, 4.69) is 29.6 Å². The maximum absolute atomic E-state index is 4.52. The highest BCUT2D eigenvalue weighted by atomic mass is 15.1. The minimum absolute atomic E-state index is 0.813. The molecule has 1 atom stereocenters. The second-order valence-electron chi connectivity index (χ2n) is 3.94. The van der Waals surface area contributed by atoms with Gasteiger partial charge in [0.25, 0.3) is 0 Å². The summed E-state index contributed by atoms with van der Waals surface area (Å²) in [5.41, 5.74) is 1.17. The Labute approximate surface area is 87.4 Å². The molecule has 1 aromatic heterocycles. The normalized spacial score (nSPS) is 20.4. The van der Waals surface area contributed by atoms with Gasteiger partial charge in [0.2, 0.25) is 0 Å². The van der Waals surface area contributed by atoms with Crippen LogP contribution in [0, 0.1) is 12.8 Å². The van der Waals surface area contributed by atoms with Crippen molar-refractivity contribution in [3.05, 3.63) is 17.7 Å². The predicted octanol–water partition coefficient (Wildman–Crippen LogP) is 3.19. The van der Waals surface area contributed by atoms with Gasteiger partial charge in [-0.1, -0.05) is 20.8 Å². The molecule has 1 aromatic rings. The molecule has 2 heteroatoms. The summed E-state index contributed by atoms with van der Waals surface area (Å²) in [6.45, 7) is 9.56. The van der Waals surface area contributed by atoms with Gasteiger partial charge in [0.1, 0.15) is 5.82 Å². The van der Waals surface area contributed by atoms with Gasteiger partial charge in [0.15, 0.2) is 0 Å². The fourth-order valence-corrected chi connectivity index (χ4v) is 1.98. The third-order valence-corrected chi connectivity index (χ3v) is 2.61. The number of nitrogens with zero attached hydrogens (tertiary/aromatic N) is 2. The molecule has 1 unspecified atom stereocenters. The van der Waals surface area contributed by atoms with E-state index >= 15 is 0 Å². The van der Waals surface area contributed by atoms with Crippen LogP contribution in [-0.2, 0) is 13.0 Å². The van der Waals surface area contributed by atoms with Crippen LogP contribution in [0.4, 0.5) is 0 Å². The van der Waals surface area contributed by atoms with E-state index in [1.807, 2.05) is 13.8 Å². The van der Waals surface area contributed by atoms with E-state index in [0.717, 1.165) is 12.3 Å². The van der Waals surface area contributed by atoms with Crippen molar-refractivity contribution in [2.24, 2.45) is 5.92 Å². The maximum atomic E-state index is 4.52. The molecule has 0 saturated heterocycles. The molecule has 0 fully saturated rings. The van der Waals surface area contributed by atoms with Gasteiger partial charge in [-0.3, -0.25) is 0 Å². The molecule has 0 radical (unpaired) electrons. The molecule has 0 bridgehead atoms. The lowest BCUT2D eigenvalue weighted by Crippen LogP contribution is -2.01. The summed E-state index contributed by atoms with van der Waals surface area (Å²) in [5, 5.41) is 0. The minimum atomic E-state index is 0.813. The molecular weight excluding hydrogens is 172 g/mol. The fourth-order valence-electron chi connectivity index (χ4n) is 1.98. The van der Waals surface area contributed by atoms with Crippen LogP contribution in [0.25, 0.3) is 0 Å². The lowest BCUT2D eigenvalue weighted by Gasteiger charge is -2.03. The highest BCUT2D eigenvalue weighted by molar-refractivity contribution is 5.03. The summed E-state index contributed by atoms with van der Waals surface area (Å²) in [6.07, 6.45) is 5.99. The maximum Gasteiger partial charge on any atom is 0.109 e. The first-order valence-corrected chi connectivity index (χ1v) is 5.78. The van der Waals surface area contributed by atoms with E-state index in [1.54, 1.807) is 0 Å². The number of rotatable bonds is 0. The van der Waals surface area contributed by atoms with Crippen LogP contribution in [-0.4, -0.2) is 9.55 Å². The number of aromatic nitrogens is 2. The second kappa shape index (κ2) is 5.18. The van der Waals surface area contributed by atoms with Crippen LogP contribution >= 0.6 is 0 Å². The molecule has 0 N–H and O–H groups in total. The van der Waals surface area contributed by atoms with Crippen molar-refractivity contribution in [3.8, 4) is 0 Å². The van der Waals surface area contributed by atoms with Gasteiger partial charge in [0.05, 0.1) is 5.69 Å². The van der Waals surface area contributed by atoms with Gasteiger partial charge in [-0.15, -0.1) is 0 Å². The van der Waals surface area contributed by atoms with Gasteiger partial charge >= 0.3 is 0 Å². The van der Waals surface area contributed by atoms with Crippen LogP contribution in [0.3, 0.4) is 0 Å². The fraction of sp³-hybridized carbons (Fsp3) is 0.750. The van der Waals surface area contributed by atoms with Gasteiger partial charge in [-0.2, -0.15) is 0 Å². The van der Waals surface area contributed by atoms with Crippen LogP contribution < -0.4 is 0 Å². The second-order valence-corrected chi connectivity index (χ2v) is 3.94. The summed E-state index contributed by atoms with van der Waals surface area (Å²) in [5.74, 6) is 2.10. The Morgan fingerprint density at radius 1 is 1.43 bits per heavy atom. The first-order valence-electron chi connectivity index (χ1n) is 5.78. The zero-order valence-electron chi connectivity index (χ0n) is 9.88. The Hall–Kier alpha value is -0.790. The third-order valence-electron chi connectivity index (χ3n) is 2.61. The quantitative estimate of drug-likeness (QED) is 0.620. The largest absolute Gasteiger partial charge is 0.335 e. The predicted molar refractivity (Wildman–Crippen MR) is 60.4 cm³/mol. The molecule has 0 amide bonds. The molecule has 0 aliphatic carbocycles. The van der Waals surface area contributed by atoms with Crippen molar-refractivity contribution >= 4 is 0 Å². The van der Waals surface area contributed by atoms with Crippen molar-refractivity contribution in [1.82, 2.24) is 9.55 Å². The summed E-state index contributed by atoms with van der Waals surface area (Å²) < 4.78 is 2.32. The van der Waals surface area contributed by atoms with Gasteiger partial charge in [-0.25, -0.2) is 4.98 Å². The number of hydrogen-bond acceptors (Lipinski definition) is 1. The third kappa shape index (κ3) is 2.60. The smallest absolute Gasteiger partial charge is 0.109 e. The highest BCUT2D eigenvalue weighted by Crippen LogP contribution is 2.18. The standard InChI is InChI=1S/C10H16N2.C2H6/c1-8-4-3-5-12-7-9(2)11-10(12)6-8;1-2/h7-8H,3-6H2,1-2H3;1-2H3. The average Bonchev–Trinajstić information content (AvgIpc) is 2.41. The molecule has 0 aromatic carbocycles. The Morgan fingerprint density at radius 3 is 2.86 bits per heavy atom. The molecule has 2 heterocycles. The molecule has 2 rings (SSSR count). The van der Waals surface area contributed by atoms with Crippen molar-refractivity contribution in [2.45, 2.75) is 53.5 Å². The van der Waals surface area contributed by atoms with Gasteiger partial charge < -0.3 is 4.57 Å². The number of imidazole rings is 1. The zero-order chi connectivity index (χ0) is 10.6. The Balaban J connectivity index is 0.000000461. The Kier molecular flexibility index (Phi) is 4.18. The number of hydrogen-bond donors (Lipinski definition) is 0. The zero-order valence-corrected chi connectivity index (χ0v) is 9.88. The van der Waals surface area contributed by atoms with Crippen molar-refractivity contribution < 1.29 is 0 Å². The molecule has 80 valence electrons. The topological polar surface area (TPSA) is 17.8 Å². The van der Waals surface area contributed by atoms with Gasteiger partial charge in [-0.05, 0) is 25.7 Å². The lowest BCUT2D eigenvalue weighted by molar-refractivity contribution is 0.518. The van der Waals surface area contributed by atoms with E-state index < -0.39 is 0 Å². The van der Waals surface area contributed by atoms with Crippen molar-refractivity contribution in [2.75, 3.05) is 0 Å². The van der Waals surface area contributed by atoms with E-state index in [9.17, 15) is 0 Å². The summed E-state index contributed by atoms with van der Waals surface area (Å²) in [6, 6.07) is 0. The van der Waals surface area contributed by atoms with E-state index in [1.165, 1.54) is 30.9 Å². The number of aryl methyl sites for hydroxylation is 2. The van der Waals surface area contributed by atoms with Crippen molar-refractivity contribution in [3.63, 3.8) is 0 Å². The SMILES string of the molecule is CC.Cc1cn2c(n1)CC(C)CCC2. The minimum Gasteiger partial charge on any atom is -0.335 e. The van der Waals surface area contributed by atoms with E-state index in [0.29, 0.717) is 0 Å². The van der Waals surface area contributed by atoms with Crippen LogP contribution in [0.15, 0.2) is 6.20 Å². The molecule has 1 aliphatic heterocycles. The Bertz CT molecular complexity index is 276. The van der Waals surface area contributed by atoms with Crippen LogP contribution in [0.2, 0.25) is 0 Å². The van der Waals surface area contributed by atoms with Crippen molar-refractivity contribution in [1.29, 1.82) is 0 Å². The summed E-state index contributed by atoms with van der Waals surface area (Å²) >= 11 is 0. The van der Waals surface area contributed by atoms with E-state index in [-0.39, 0.29) is 0 Å². The van der Waals surface area contributed by atoms with E-state index in [4.69, 9.17) is 0 Å². The van der Waals surface area contributed by atoms with Crippen LogP contribution in [0.1, 0.15) is 45.1 Å². The molecule has 14 heavy (non-hydrogen) atoms. The molecule has 1 aliphatic rings. The molecule has 0 spiro atoms. The summed E-state index contributed by atoms with van der Waals surface area (Å²) in [7, 11) is 0.